The lowest BCUT2D eigenvalue weighted by Crippen LogP contribution is -2.01. The van der Waals surface area contributed by atoms with E-state index in [-0.39, 0.29) is 11.3 Å². The molecule has 0 aliphatic carbocycles. The van der Waals surface area contributed by atoms with Gasteiger partial charge in [0.15, 0.2) is 0 Å². The van der Waals surface area contributed by atoms with Crippen LogP contribution in [0.4, 0.5) is 0 Å². The molecule has 0 heterocycles. The molecule has 2 N–H and O–H groups in total. The van der Waals surface area contributed by atoms with Crippen LogP contribution in [0.25, 0.3) is 10.8 Å². The fourth-order valence-electron chi connectivity index (χ4n) is 3.60. The first-order valence-corrected chi connectivity index (χ1v) is 10.1. The Hall–Kier alpha value is -2.03. The number of carbonyl (C=O) groups is 1. The van der Waals surface area contributed by atoms with Gasteiger partial charge in [0.2, 0.25) is 0 Å². The minimum Gasteiger partial charge on any atom is -0.507 e. The highest BCUT2D eigenvalue weighted by Crippen LogP contribution is 2.32. The van der Waals surface area contributed by atoms with E-state index in [1.54, 1.807) is 12.1 Å². The van der Waals surface area contributed by atoms with E-state index in [2.05, 4.69) is 6.92 Å². The van der Waals surface area contributed by atoms with Gasteiger partial charge in [0.25, 0.3) is 0 Å². The third kappa shape index (κ3) is 5.76. The largest absolute Gasteiger partial charge is 0.507 e. The van der Waals surface area contributed by atoms with Gasteiger partial charge >= 0.3 is 5.97 Å². The third-order valence-corrected chi connectivity index (χ3v) is 5.11. The molecule has 0 aromatic heterocycles. The number of fused-ring (bicyclic) bond motifs is 1. The van der Waals surface area contributed by atoms with Crippen molar-refractivity contribution in [2.45, 2.75) is 77.6 Å². The molecule has 3 heteroatoms. The van der Waals surface area contributed by atoms with Gasteiger partial charge in [0.05, 0.1) is 0 Å². The van der Waals surface area contributed by atoms with E-state index in [0.717, 1.165) is 30.2 Å². The summed E-state index contributed by atoms with van der Waals surface area (Å²) >= 11 is 0. The van der Waals surface area contributed by atoms with Crippen LogP contribution in [-0.4, -0.2) is 16.2 Å². The maximum absolute atomic E-state index is 11.6. The Bertz CT molecular complexity index is 706. The average Bonchev–Trinajstić information content (AvgIpc) is 2.63. The van der Waals surface area contributed by atoms with Crippen molar-refractivity contribution in [1.29, 1.82) is 0 Å². The van der Waals surface area contributed by atoms with Gasteiger partial charge in [-0.3, -0.25) is 0 Å². The Kier molecular flexibility index (Phi) is 8.46. The van der Waals surface area contributed by atoms with Crippen LogP contribution >= 0.6 is 0 Å². The van der Waals surface area contributed by atoms with Crippen LogP contribution in [0.5, 0.6) is 5.75 Å². The van der Waals surface area contributed by atoms with E-state index in [9.17, 15) is 15.0 Å². The highest BCUT2D eigenvalue weighted by molar-refractivity contribution is 6.06. The van der Waals surface area contributed by atoms with Crippen LogP contribution in [0.3, 0.4) is 0 Å². The number of hydrogen-bond donors (Lipinski definition) is 2. The highest BCUT2D eigenvalue weighted by Gasteiger charge is 2.17. The second-order valence-corrected chi connectivity index (χ2v) is 7.22. The molecule has 0 amide bonds. The molecule has 0 aliphatic rings. The Balaban J connectivity index is 1.82. The van der Waals surface area contributed by atoms with Crippen molar-refractivity contribution in [3.8, 4) is 5.75 Å². The van der Waals surface area contributed by atoms with Crippen molar-refractivity contribution in [3.63, 3.8) is 0 Å². The fourth-order valence-corrected chi connectivity index (χ4v) is 3.60. The van der Waals surface area contributed by atoms with Gasteiger partial charge in [0, 0.05) is 0 Å². The lowest BCUT2D eigenvalue weighted by atomic mass is 9.96. The van der Waals surface area contributed by atoms with E-state index in [0.29, 0.717) is 5.39 Å². The van der Waals surface area contributed by atoms with Gasteiger partial charge in [-0.05, 0) is 35.2 Å². The van der Waals surface area contributed by atoms with E-state index in [1.807, 2.05) is 18.2 Å². The molecule has 0 saturated carbocycles. The number of carboxylic acids is 1. The van der Waals surface area contributed by atoms with Crippen molar-refractivity contribution in [2.75, 3.05) is 0 Å². The number of hydrogen-bond acceptors (Lipinski definition) is 2. The van der Waals surface area contributed by atoms with Crippen molar-refractivity contribution < 1.29 is 15.0 Å². The maximum Gasteiger partial charge on any atom is 0.340 e. The molecule has 0 spiro atoms. The number of aryl methyl sites for hydroxylation is 1. The van der Waals surface area contributed by atoms with Crippen molar-refractivity contribution in [1.82, 2.24) is 0 Å². The number of aromatic carboxylic acids is 1. The van der Waals surface area contributed by atoms with E-state index >= 15 is 0 Å². The molecule has 3 nitrogen and oxygen atoms in total. The van der Waals surface area contributed by atoms with Crippen molar-refractivity contribution in [2.24, 2.45) is 0 Å². The first-order chi connectivity index (χ1) is 12.6. The smallest absolute Gasteiger partial charge is 0.340 e. The van der Waals surface area contributed by atoms with E-state index < -0.39 is 5.97 Å². The minimum absolute atomic E-state index is 0.0326. The van der Waals surface area contributed by atoms with Crippen LogP contribution in [0.2, 0.25) is 0 Å². The van der Waals surface area contributed by atoms with Crippen LogP contribution in [0.15, 0.2) is 30.3 Å². The van der Waals surface area contributed by atoms with Gasteiger partial charge in [-0.2, -0.15) is 0 Å². The number of aromatic hydroxyl groups is 1. The molecule has 0 radical (unpaired) electrons. The number of unbranched alkanes of at least 4 members (excludes halogenated alkanes) is 9. The summed E-state index contributed by atoms with van der Waals surface area (Å²) < 4.78 is 0. The summed E-state index contributed by atoms with van der Waals surface area (Å²) in [7, 11) is 0. The minimum atomic E-state index is -1.07. The Morgan fingerprint density at radius 3 is 2.08 bits per heavy atom. The molecule has 0 atom stereocenters. The summed E-state index contributed by atoms with van der Waals surface area (Å²) in [5.74, 6) is -1.13. The summed E-state index contributed by atoms with van der Waals surface area (Å²) in [6.45, 7) is 2.24. The van der Waals surface area contributed by atoms with Crippen LogP contribution in [0.1, 0.15) is 87.1 Å². The predicted molar refractivity (Wildman–Crippen MR) is 108 cm³/mol. The molecular weight excluding hydrogens is 324 g/mol. The molecule has 0 fully saturated rings. The lowest BCUT2D eigenvalue weighted by Gasteiger charge is -2.11. The average molecular weight is 357 g/mol. The number of phenols is 1. The predicted octanol–water partition coefficient (Wildman–Crippen LogP) is 6.71. The van der Waals surface area contributed by atoms with Crippen molar-refractivity contribution >= 4 is 16.7 Å². The zero-order valence-electron chi connectivity index (χ0n) is 16.0. The van der Waals surface area contributed by atoms with Gasteiger partial charge in [-0.25, -0.2) is 4.79 Å². The summed E-state index contributed by atoms with van der Waals surface area (Å²) in [5.41, 5.74) is 0.783. The first-order valence-electron chi connectivity index (χ1n) is 10.1. The summed E-state index contributed by atoms with van der Waals surface area (Å²) in [5, 5.41) is 21.4. The molecule has 2 aromatic rings. The SMILES string of the molecule is CCCCCCCCCCCCc1cc2ccccc2c(C(=O)O)c1O. The molecule has 26 heavy (non-hydrogen) atoms. The summed E-state index contributed by atoms with van der Waals surface area (Å²) in [6.07, 6.45) is 13.4. The monoisotopic (exact) mass is 356 g/mol. The Morgan fingerprint density at radius 2 is 1.46 bits per heavy atom. The van der Waals surface area contributed by atoms with Crippen LogP contribution in [-0.2, 0) is 6.42 Å². The molecule has 2 aromatic carbocycles. The second-order valence-electron chi connectivity index (χ2n) is 7.22. The maximum atomic E-state index is 11.6. The molecular formula is C23H32O3. The first kappa shape index (κ1) is 20.3. The summed E-state index contributed by atoms with van der Waals surface area (Å²) in [6, 6.07) is 9.29. The van der Waals surface area contributed by atoms with Gasteiger partial charge < -0.3 is 10.2 Å². The molecule has 2 rings (SSSR count). The third-order valence-electron chi connectivity index (χ3n) is 5.11. The van der Waals surface area contributed by atoms with Gasteiger partial charge in [-0.15, -0.1) is 0 Å². The quantitative estimate of drug-likeness (QED) is 0.416. The topological polar surface area (TPSA) is 57.5 Å². The number of benzene rings is 2. The number of carboxylic acid groups (broad SMARTS) is 1. The number of rotatable bonds is 12. The fraction of sp³-hybridized carbons (Fsp3) is 0.522. The Labute approximate surface area is 157 Å². The van der Waals surface area contributed by atoms with Gasteiger partial charge in [-0.1, -0.05) is 89.0 Å². The van der Waals surface area contributed by atoms with E-state index in [4.69, 9.17) is 0 Å². The van der Waals surface area contributed by atoms with Crippen LogP contribution < -0.4 is 0 Å². The molecule has 0 bridgehead atoms. The van der Waals surface area contributed by atoms with E-state index in [1.165, 1.54) is 51.4 Å². The van der Waals surface area contributed by atoms with Crippen molar-refractivity contribution in [3.05, 3.63) is 41.5 Å². The molecule has 142 valence electrons. The summed E-state index contributed by atoms with van der Waals surface area (Å²) in [4.78, 5) is 11.6. The second kappa shape index (κ2) is 10.8. The highest BCUT2D eigenvalue weighted by atomic mass is 16.4. The van der Waals surface area contributed by atoms with Gasteiger partial charge in [0.1, 0.15) is 11.3 Å². The molecule has 0 aliphatic heterocycles. The Morgan fingerprint density at radius 1 is 0.885 bits per heavy atom. The van der Waals surface area contributed by atoms with Crippen LogP contribution in [0, 0.1) is 0 Å². The normalized spacial score (nSPS) is 11.1. The lowest BCUT2D eigenvalue weighted by molar-refractivity contribution is 0.0696. The zero-order chi connectivity index (χ0) is 18.8. The molecule has 0 saturated heterocycles. The zero-order valence-corrected chi connectivity index (χ0v) is 16.0. The molecule has 0 unspecified atom stereocenters. The standard InChI is InChI=1S/C23H32O3/c1-2-3-4-5-6-7-8-9-10-11-15-19-17-18-14-12-13-16-20(18)21(22(19)24)23(25)26/h12-14,16-17,24H,2-11,15H2,1H3,(H,25,26).